The lowest BCUT2D eigenvalue weighted by atomic mass is 9.51. The van der Waals surface area contributed by atoms with Crippen LogP contribution in [0.2, 0.25) is 0 Å². The first-order chi connectivity index (χ1) is 12.7. The van der Waals surface area contributed by atoms with Crippen LogP contribution in [-0.2, 0) is 20.7 Å². The van der Waals surface area contributed by atoms with Gasteiger partial charge in [-0.1, -0.05) is 13.0 Å². The van der Waals surface area contributed by atoms with E-state index < -0.39 is 10.1 Å². The number of aromatic hydroxyl groups is 1. The van der Waals surface area contributed by atoms with Gasteiger partial charge in [0.25, 0.3) is 10.1 Å². The van der Waals surface area contributed by atoms with Gasteiger partial charge in [-0.3, -0.25) is 4.18 Å². The number of hydrogen-bond acceptors (Lipinski definition) is 5. The first-order valence-electron chi connectivity index (χ1n) is 10.0. The molecule has 3 aliphatic rings. The van der Waals surface area contributed by atoms with Crippen LogP contribution in [0.15, 0.2) is 18.2 Å². The number of phenolic OH excluding ortho intramolecular Hbond substituents is 1. The second kappa shape index (κ2) is 6.75. The second-order valence-corrected chi connectivity index (χ2v) is 10.7. The Morgan fingerprint density at radius 3 is 2.78 bits per heavy atom. The summed E-state index contributed by atoms with van der Waals surface area (Å²) in [4.78, 5) is 0. The van der Waals surface area contributed by atoms with E-state index in [2.05, 4.69) is 13.0 Å². The second-order valence-electron chi connectivity index (χ2n) is 9.10. The van der Waals surface area contributed by atoms with Gasteiger partial charge in [-0.2, -0.15) is 8.42 Å². The molecule has 2 saturated carbocycles. The molecule has 0 amide bonds. The van der Waals surface area contributed by atoms with Gasteiger partial charge in [-0.25, -0.2) is 0 Å². The lowest BCUT2D eigenvalue weighted by Crippen LogP contribution is -2.48. The van der Waals surface area contributed by atoms with E-state index in [4.69, 9.17) is 4.18 Å². The molecule has 1 aromatic carbocycles. The summed E-state index contributed by atoms with van der Waals surface area (Å²) >= 11 is 0. The van der Waals surface area contributed by atoms with Crippen LogP contribution in [0, 0.1) is 23.2 Å². The van der Waals surface area contributed by atoms with E-state index in [1.165, 1.54) is 11.1 Å². The Kier molecular flexibility index (Phi) is 4.80. The molecule has 6 atom stereocenters. The monoisotopic (exact) mass is 394 g/mol. The van der Waals surface area contributed by atoms with Crippen molar-refractivity contribution in [2.24, 2.45) is 23.2 Å². The van der Waals surface area contributed by atoms with E-state index in [-0.39, 0.29) is 24.0 Å². The Balaban J connectivity index is 1.67. The fourth-order valence-corrected chi connectivity index (χ4v) is 6.88. The van der Waals surface area contributed by atoms with Gasteiger partial charge in [0.1, 0.15) is 5.75 Å². The van der Waals surface area contributed by atoms with Gasteiger partial charge < -0.3 is 10.2 Å². The van der Waals surface area contributed by atoms with Gasteiger partial charge in [-0.15, -0.1) is 0 Å². The fourth-order valence-electron chi connectivity index (χ4n) is 6.48. The molecule has 0 bridgehead atoms. The lowest BCUT2D eigenvalue weighted by Gasteiger charge is -2.54. The average Bonchev–Trinajstić information content (AvgIpc) is 2.88. The zero-order chi connectivity index (χ0) is 19.4. The number of rotatable bonds is 4. The number of phenols is 1. The number of benzene rings is 1. The van der Waals surface area contributed by atoms with Gasteiger partial charge >= 0.3 is 0 Å². The van der Waals surface area contributed by atoms with Crippen LogP contribution in [0.4, 0.5) is 0 Å². The summed E-state index contributed by atoms with van der Waals surface area (Å²) in [6, 6.07) is 5.70. The van der Waals surface area contributed by atoms with E-state index >= 15 is 0 Å². The Labute approximate surface area is 161 Å². The first kappa shape index (κ1) is 19.2. The summed E-state index contributed by atoms with van der Waals surface area (Å²) in [7, 11) is -3.45. The molecule has 0 spiro atoms. The summed E-state index contributed by atoms with van der Waals surface area (Å²) in [6.45, 7) is 2.42. The van der Waals surface area contributed by atoms with E-state index in [1.807, 2.05) is 6.07 Å². The molecule has 27 heavy (non-hydrogen) atoms. The normalized spacial score (nSPS) is 38.1. The van der Waals surface area contributed by atoms with Crippen molar-refractivity contribution in [3.8, 4) is 5.75 Å². The SMILES string of the molecule is C[C@]12C[C@H](CCOS(C)(=O)=O)[C@@H]3c4ccc(O)cc4CC[C@H]3[C@@H]1CC[C@@H]2O. The highest BCUT2D eigenvalue weighted by Gasteiger charge is 2.57. The number of aryl methyl sites for hydroxylation is 1. The predicted molar refractivity (Wildman–Crippen MR) is 103 cm³/mol. The topological polar surface area (TPSA) is 83.8 Å². The Morgan fingerprint density at radius 2 is 2.04 bits per heavy atom. The quantitative estimate of drug-likeness (QED) is 0.766. The Morgan fingerprint density at radius 1 is 1.26 bits per heavy atom. The van der Waals surface area contributed by atoms with Crippen LogP contribution in [0.25, 0.3) is 0 Å². The summed E-state index contributed by atoms with van der Waals surface area (Å²) in [5, 5.41) is 20.6. The minimum atomic E-state index is -3.45. The molecule has 3 aliphatic carbocycles. The van der Waals surface area contributed by atoms with E-state index in [0.29, 0.717) is 29.9 Å². The third-order valence-electron chi connectivity index (χ3n) is 7.57. The molecule has 0 saturated heterocycles. The summed E-state index contributed by atoms with van der Waals surface area (Å²) in [6.07, 6.45) is 6.34. The molecule has 2 N–H and O–H groups in total. The molecule has 4 rings (SSSR count). The zero-order valence-corrected chi connectivity index (χ0v) is 16.9. The van der Waals surface area contributed by atoms with Gasteiger partial charge in [0, 0.05) is 0 Å². The van der Waals surface area contributed by atoms with Crippen molar-refractivity contribution in [3.63, 3.8) is 0 Å². The molecule has 6 heteroatoms. The third kappa shape index (κ3) is 3.40. The smallest absolute Gasteiger partial charge is 0.264 e. The molecule has 1 aromatic rings. The highest BCUT2D eigenvalue weighted by atomic mass is 32.2. The van der Waals surface area contributed by atoms with Gasteiger partial charge in [0.05, 0.1) is 19.0 Å². The maximum Gasteiger partial charge on any atom is 0.264 e. The summed E-state index contributed by atoms with van der Waals surface area (Å²) < 4.78 is 27.9. The molecule has 0 radical (unpaired) electrons. The van der Waals surface area contributed by atoms with Crippen LogP contribution in [0.5, 0.6) is 5.75 Å². The fraction of sp³-hybridized carbons (Fsp3) is 0.714. The van der Waals surface area contributed by atoms with Crippen LogP contribution >= 0.6 is 0 Å². The molecule has 150 valence electrons. The number of hydrogen-bond donors (Lipinski definition) is 2. The molecule has 0 aromatic heterocycles. The number of aliphatic hydroxyl groups excluding tert-OH is 1. The summed E-state index contributed by atoms with van der Waals surface area (Å²) in [5.74, 6) is 1.93. The van der Waals surface area contributed by atoms with Crippen molar-refractivity contribution in [1.82, 2.24) is 0 Å². The maximum atomic E-state index is 11.4. The van der Waals surface area contributed by atoms with Crippen LogP contribution in [-0.4, -0.2) is 37.6 Å². The minimum absolute atomic E-state index is 0.0919. The van der Waals surface area contributed by atoms with Crippen molar-refractivity contribution in [1.29, 1.82) is 0 Å². The van der Waals surface area contributed by atoms with Crippen LogP contribution in [0.1, 0.15) is 56.1 Å². The van der Waals surface area contributed by atoms with Crippen molar-refractivity contribution in [2.75, 3.05) is 12.9 Å². The third-order valence-corrected chi connectivity index (χ3v) is 8.16. The van der Waals surface area contributed by atoms with Crippen LogP contribution < -0.4 is 0 Å². The van der Waals surface area contributed by atoms with E-state index in [1.54, 1.807) is 6.07 Å². The predicted octanol–water partition coefficient (Wildman–Crippen LogP) is 3.20. The van der Waals surface area contributed by atoms with E-state index in [0.717, 1.165) is 38.4 Å². The van der Waals surface area contributed by atoms with E-state index in [9.17, 15) is 18.6 Å². The number of aliphatic hydroxyl groups is 1. The van der Waals surface area contributed by atoms with Gasteiger partial charge in [0.15, 0.2) is 0 Å². The maximum absolute atomic E-state index is 11.4. The van der Waals surface area contributed by atoms with Crippen LogP contribution in [0.3, 0.4) is 0 Å². The molecule has 0 aliphatic heterocycles. The highest BCUT2D eigenvalue weighted by molar-refractivity contribution is 7.85. The molecule has 5 nitrogen and oxygen atoms in total. The Bertz CT molecular complexity index is 820. The zero-order valence-electron chi connectivity index (χ0n) is 16.1. The van der Waals surface area contributed by atoms with Crippen molar-refractivity contribution >= 4 is 10.1 Å². The van der Waals surface area contributed by atoms with Gasteiger partial charge in [0.2, 0.25) is 0 Å². The number of fused-ring (bicyclic) bond motifs is 5. The lowest BCUT2D eigenvalue weighted by molar-refractivity contribution is -0.0515. The van der Waals surface area contributed by atoms with Gasteiger partial charge in [-0.05, 0) is 90.9 Å². The minimum Gasteiger partial charge on any atom is -0.508 e. The van der Waals surface area contributed by atoms with Crippen molar-refractivity contribution < 1.29 is 22.8 Å². The molecule has 0 heterocycles. The molecular weight excluding hydrogens is 364 g/mol. The van der Waals surface area contributed by atoms with Crippen molar-refractivity contribution in [3.05, 3.63) is 29.3 Å². The standard InChI is InChI=1S/C21H30O5S/c1-21-12-14(9-10-26-27(2,24)25)20-16-6-4-15(22)11-13(16)3-5-17(20)18(21)7-8-19(21)23/h4,6,11,14,17-20,22-23H,3,5,7-10,12H2,1-2H3/t14-,17-,18-,19-,20+,21-/m0/s1. The molecular formula is C21H30O5S. The largest absolute Gasteiger partial charge is 0.508 e. The first-order valence-corrected chi connectivity index (χ1v) is 11.8. The Hall–Kier alpha value is -1.11. The average molecular weight is 395 g/mol. The summed E-state index contributed by atoms with van der Waals surface area (Å²) in [5.41, 5.74) is 2.43. The highest BCUT2D eigenvalue weighted by Crippen LogP contribution is 2.63. The molecule has 0 unspecified atom stereocenters. The van der Waals surface area contributed by atoms with Crippen molar-refractivity contribution in [2.45, 2.75) is 57.5 Å². The molecule has 2 fully saturated rings.